The molecule has 36 heavy (non-hydrogen) atoms. The summed E-state index contributed by atoms with van der Waals surface area (Å²) in [5.41, 5.74) is 1.23. The summed E-state index contributed by atoms with van der Waals surface area (Å²) in [5.74, 6) is -1.69. The van der Waals surface area contributed by atoms with E-state index in [0.717, 1.165) is 4.90 Å². The number of hydrogen-bond donors (Lipinski definition) is 1. The van der Waals surface area contributed by atoms with Crippen LogP contribution in [-0.2, 0) is 25.5 Å². The molecule has 188 valence electrons. The van der Waals surface area contributed by atoms with Crippen molar-refractivity contribution < 1.29 is 33.0 Å². The summed E-state index contributed by atoms with van der Waals surface area (Å²) in [6.45, 7) is 7.44. The highest BCUT2D eigenvalue weighted by molar-refractivity contribution is 7.80. The number of thiocarbonyl (C=S) groups is 1. The molecule has 1 aliphatic heterocycles. The number of amides is 2. The summed E-state index contributed by atoms with van der Waals surface area (Å²) < 4.78 is 29.7. The highest BCUT2D eigenvalue weighted by Gasteiger charge is 2.34. The predicted octanol–water partition coefficient (Wildman–Crippen LogP) is 3.73. The number of nitrogens with zero attached hydrogens (tertiary/aromatic N) is 1. The number of anilines is 1. The average molecular weight is 513 g/mol. The Hall–Kier alpha value is -4.05. The molecular formula is C26H25FN2O6S. The first kappa shape index (κ1) is 26.6. The summed E-state index contributed by atoms with van der Waals surface area (Å²) in [6.07, 6.45) is 3.41. The van der Waals surface area contributed by atoms with Crippen molar-refractivity contribution in [1.29, 1.82) is 0 Å². The third-order valence-electron chi connectivity index (χ3n) is 4.96. The standard InChI is InChI=1S/C26H25FN2O6S/c1-4-7-17-12-16(14-21(33-5-2)23(17)35-15-22(30)34-6-3)13-20-24(31)28-26(36)29(25(20)32)19-10-8-18(27)9-11-19/h4,8-14H,1,5-7,15H2,2-3H3,(H,28,31,36)/b20-13-. The minimum absolute atomic E-state index is 0.112. The van der Waals surface area contributed by atoms with Crippen LogP contribution >= 0.6 is 12.2 Å². The van der Waals surface area contributed by atoms with Gasteiger partial charge in [0.25, 0.3) is 11.8 Å². The van der Waals surface area contributed by atoms with Gasteiger partial charge < -0.3 is 14.2 Å². The van der Waals surface area contributed by atoms with Crippen molar-refractivity contribution in [2.24, 2.45) is 0 Å². The van der Waals surface area contributed by atoms with Crippen LogP contribution < -0.4 is 19.7 Å². The third kappa shape index (κ3) is 6.14. The molecule has 2 amide bonds. The Morgan fingerprint density at radius 1 is 1.14 bits per heavy atom. The molecule has 0 atom stereocenters. The van der Waals surface area contributed by atoms with E-state index in [-0.39, 0.29) is 23.9 Å². The number of halogens is 1. The first-order valence-corrected chi connectivity index (χ1v) is 11.6. The molecule has 0 spiro atoms. The number of carbonyl (C=O) groups is 3. The van der Waals surface area contributed by atoms with Gasteiger partial charge in [0.05, 0.1) is 18.9 Å². The van der Waals surface area contributed by atoms with Gasteiger partial charge >= 0.3 is 5.97 Å². The zero-order valence-electron chi connectivity index (χ0n) is 19.8. The Bertz CT molecular complexity index is 1230. The number of allylic oxidation sites excluding steroid dienone is 1. The summed E-state index contributed by atoms with van der Waals surface area (Å²) in [7, 11) is 0. The van der Waals surface area contributed by atoms with Gasteiger partial charge in [0, 0.05) is 5.56 Å². The topological polar surface area (TPSA) is 94.2 Å². The number of ether oxygens (including phenoxy) is 3. The van der Waals surface area contributed by atoms with Crippen LogP contribution in [0.4, 0.5) is 10.1 Å². The van der Waals surface area contributed by atoms with Crippen molar-refractivity contribution in [2.45, 2.75) is 20.3 Å². The second-order valence-electron chi connectivity index (χ2n) is 7.46. The lowest BCUT2D eigenvalue weighted by atomic mass is 10.0. The minimum atomic E-state index is -0.672. The van der Waals surface area contributed by atoms with Crippen LogP contribution in [0.25, 0.3) is 6.08 Å². The lowest BCUT2D eigenvalue weighted by Gasteiger charge is -2.29. The van der Waals surface area contributed by atoms with Gasteiger partial charge in [-0.3, -0.25) is 19.8 Å². The van der Waals surface area contributed by atoms with E-state index in [9.17, 15) is 18.8 Å². The molecule has 2 aromatic carbocycles. The van der Waals surface area contributed by atoms with Crippen LogP contribution in [0.3, 0.4) is 0 Å². The van der Waals surface area contributed by atoms with E-state index in [1.807, 2.05) is 0 Å². The maximum atomic E-state index is 13.4. The predicted molar refractivity (Wildman–Crippen MR) is 136 cm³/mol. The fraction of sp³-hybridized carbons (Fsp3) is 0.231. The highest BCUT2D eigenvalue weighted by Crippen LogP contribution is 2.35. The Kier molecular flexibility index (Phi) is 8.91. The van der Waals surface area contributed by atoms with Crippen LogP contribution in [-0.4, -0.2) is 42.7 Å². The second-order valence-corrected chi connectivity index (χ2v) is 7.85. The Morgan fingerprint density at radius 3 is 2.50 bits per heavy atom. The highest BCUT2D eigenvalue weighted by atomic mass is 32.1. The fourth-order valence-corrected chi connectivity index (χ4v) is 3.76. The molecule has 1 aliphatic rings. The molecule has 0 saturated carbocycles. The van der Waals surface area contributed by atoms with Crippen molar-refractivity contribution in [2.75, 3.05) is 24.7 Å². The summed E-state index contributed by atoms with van der Waals surface area (Å²) >= 11 is 5.18. The van der Waals surface area contributed by atoms with Gasteiger partial charge in [0.15, 0.2) is 23.2 Å². The first-order valence-electron chi connectivity index (χ1n) is 11.1. The van der Waals surface area contributed by atoms with E-state index in [1.54, 1.807) is 32.1 Å². The number of carbonyl (C=O) groups excluding carboxylic acids is 3. The number of rotatable bonds is 10. The van der Waals surface area contributed by atoms with Crippen molar-refractivity contribution in [3.63, 3.8) is 0 Å². The molecule has 0 radical (unpaired) electrons. The summed E-state index contributed by atoms with van der Waals surface area (Å²) in [4.78, 5) is 38.9. The van der Waals surface area contributed by atoms with E-state index >= 15 is 0 Å². The average Bonchev–Trinajstić information content (AvgIpc) is 2.83. The van der Waals surface area contributed by atoms with Gasteiger partial charge in [-0.25, -0.2) is 9.18 Å². The Balaban J connectivity index is 2.02. The number of nitrogens with one attached hydrogen (secondary N) is 1. The molecule has 1 N–H and O–H groups in total. The van der Waals surface area contributed by atoms with Gasteiger partial charge in [-0.1, -0.05) is 6.08 Å². The quantitative estimate of drug-likeness (QED) is 0.170. The maximum Gasteiger partial charge on any atom is 0.344 e. The van der Waals surface area contributed by atoms with E-state index in [1.165, 1.54) is 30.3 Å². The number of esters is 1. The maximum absolute atomic E-state index is 13.4. The van der Waals surface area contributed by atoms with Crippen LogP contribution in [0, 0.1) is 5.82 Å². The number of benzene rings is 2. The lowest BCUT2D eigenvalue weighted by Crippen LogP contribution is -2.54. The molecule has 0 aromatic heterocycles. The zero-order valence-corrected chi connectivity index (χ0v) is 20.7. The van der Waals surface area contributed by atoms with Gasteiger partial charge in [-0.05, 0) is 80.5 Å². The molecule has 3 rings (SSSR count). The van der Waals surface area contributed by atoms with E-state index in [0.29, 0.717) is 41.3 Å². The molecule has 8 nitrogen and oxygen atoms in total. The Labute approximate surface area is 213 Å². The molecule has 1 fully saturated rings. The van der Waals surface area contributed by atoms with Crippen LogP contribution in [0.2, 0.25) is 0 Å². The smallest absolute Gasteiger partial charge is 0.344 e. The van der Waals surface area contributed by atoms with E-state index < -0.39 is 23.6 Å². The normalized spacial score (nSPS) is 14.5. The van der Waals surface area contributed by atoms with Crippen LogP contribution in [0.1, 0.15) is 25.0 Å². The molecule has 0 bridgehead atoms. The van der Waals surface area contributed by atoms with Gasteiger partial charge in [0.2, 0.25) is 0 Å². The Morgan fingerprint density at radius 2 is 1.86 bits per heavy atom. The lowest BCUT2D eigenvalue weighted by molar-refractivity contribution is -0.145. The van der Waals surface area contributed by atoms with Crippen molar-refractivity contribution in [3.05, 3.63) is 71.6 Å². The van der Waals surface area contributed by atoms with Gasteiger partial charge in [0.1, 0.15) is 11.4 Å². The SMILES string of the molecule is C=CCc1cc(/C=C2/C(=O)NC(=S)N(c3ccc(F)cc3)C2=O)cc(OCC)c1OCC(=O)OCC. The van der Waals surface area contributed by atoms with Gasteiger partial charge in [-0.15, -0.1) is 6.58 Å². The molecule has 0 unspecified atom stereocenters. The summed E-state index contributed by atoms with van der Waals surface area (Å²) in [5, 5.41) is 2.38. The molecule has 1 heterocycles. The monoisotopic (exact) mass is 512 g/mol. The number of hydrogen-bond acceptors (Lipinski definition) is 7. The minimum Gasteiger partial charge on any atom is -0.490 e. The fourth-order valence-electron chi connectivity index (χ4n) is 3.48. The molecular weight excluding hydrogens is 487 g/mol. The third-order valence-corrected chi connectivity index (χ3v) is 5.24. The largest absolute Gasteiger partial charge is 0.490 e. The van der Waals surface area contributed by atoms with Crippen molar-refractivity contribution in [1.82, 2.24) is 5.32 Å². The first-order chi connectivity index (χ1) is 17.3. The van der Waals surface area contributed by atoms with Gasteiger partial charge in [-0.2, -0.15) is 0 Å². The summed E-state index contributed by atoms with van der Waals surface area (Å²) in [6, 6.07) is 8.46. The second kappa shape index (κ2) is 12.1. The van der Waals surface area contributed by atoms with Crippen LogP contribution in [0.5, 0.6) is 11.5 Å². The molecule has 1 saturated heterocycles. The van der Waals surface area contributed by atoms with Crippen molar-refractivity contribution in [3.8, 4) is 11.5 Å². The zero-order chi connectivity index (χ0) is 26.2. The molecule has 0 aliphatic carbocycles. The van der Waals surface area contributed by atoms with E-state index in [2.05, 4.69) is 11.9 Å². The van der Waals surface area contributed by atoms with Crippen LogP contribution in [0.15, 0.2) is 54.6 Å². The molecule has 10 heteroatoms. The van der Waals surface area contributed by atoms with Crippen molar-refractivity contribution >= 4 is 46.9 Å². The van der Waals surface area contributed by atoms with E-state index in [4.69, 9.17) is 26.4 Å². The molecule has 2 aromatic rings.